The van der Waals surface area contributed by atoms with E-state index in [4.69, 9.17) is 16.0 Å². The van der Waals surface area contributed by atoms with E-state index in [-0.39, 0.29) is 5.38 Å². The predicted octanol–water partition coefficient (Wildman–Crippen LogP) is 4.52. The maximum absolute atomic E-state index is 11.2. The van der Waals surface area contributed by atoms with Gasteiger partial charge >= 0.3 is 5.76 Å². The third-order valence-corrected chi connectivity index (χ3v) is 4.37. The molecule has 1 N–H and O–H groups in total. The zero-order chi connectivity index (χ0) is 14.3. The van der Waals surface area contributed by atoms with Crippen molar-refractivity contribution < 1.29 is 4.42 Å². The molecule has 0 saturated carbocycles. The van der Waals surface area contributed by atoms with E-state index in [1.54, 1.807) is 12.1 Å². The molecule has 3 rings (SSSR count). The topological polar surface area (TPSA) is 46.0 Å². The lowest BCUT2D eigenvalue weighted by Crippen LogP contribution is -1.95. The van der Waals surface area contributed by atoms with Gasteiger partial charge in [-0.25, -0.2) is 4.79 Å². The minimum absolute atomic E-state index is 0.311. The number of hydrogen-bond acceptors (Lipinski definition) is 2. The summed E-state index contributed by atoms with van der Waals surface area (Å²) in [4.78, 5) is 13.8. The molecule has 0 aliphatic rings. The van der Waals surface area contributed by atoms with E-state index < -0.39 is 5.76 Å². The Balaban J connectivity index is 2.09. The molecule has 0 aliphatic carbocycles. The first-order chi connectivity index (χ1) is 9.54. The third-order valence-electron chi connectivity index (χ3n) is 3.16. The van der Waals surface area contributed by atoms with Crippen molar-refractivity contribution in [1.29, 1.82) is 0 Å². The molecule has 1 unspecified atom stereocenters. The van der Waals surface area contributed by atoms with Crippen LogP contribution in [-0.2, 0) is 0 Å². The highest BCUT2D eigenvalue weighted by atomic mass is 79.9. The van der Waals surface area contributed by atoms with Crippen molar-refractivity contribution in [3.8, 4) is 0 Å². The van der Waals surface area contributed by atoms with Gasteiger partial charge < -0.3 is 4.42 Å². The molecule has 1 atom stereocenters. The highest BCUT2D eigenvalue weighted by Crippen LogP contribution is 2.35. The van der Waals surface area contributed by atoms with Crippen LogP contribution < -0.4 is 5.76 Å². The van der Waals surface area contributed by atoms with Crippen LogP contribution in [0.5, 0.6) is 0 Å². The van der Waals surface area contributed by atoms with Gasteiger partial charge in [-0.3, -0.25) is 4.98 Å². The van der Waals surface area contributed by atoms with Crippen LogP contribution in [0.1, 0.15) is 22.1 Å². The molecule has 0 radical (unpaired) electrons. The van der Waals surface area contributed by atoms with E-state index in [9.17, 15) is 4.79 Å². The Kier molecular flexibility index (Phi) is 3.44. The summed E-state index contributed by atoms with van der Waals surface area (Å²) in [5, 5.41) is -0.311. The normalized spacial score (nSPS) is 12.8. The number of nitrogens with one attached hydrogen (secondary N) is 1. The average Bonchev–Trinajstić information content (AvgIpc) is 2.79. The molecule has 0 spiro atoms. The van der Waals surface area contributed by atoms with Crippen molar-refractivity contribution >= 4 is 38.6 Å². The van der Waals surface area contributed by atoms with Crippen LogP contribution in [-0.4, -0.2) is 4.98 Å². The fourth-order valence-corrected chi connectivity index (χ4v) is 3.08. The maximum Gasteiger partial charge on any atom is 0.417 e. The number of fused-ring (bicyclic) bond motifs is 1. The number of halogens is 2. The van der Waals surface area contributed by atoms with Crippen LogP contribution in [0.25, 0.3) is 11.1 Å². The molecule has 102 valence electrons. The molecular weight excluding hydrogens is 342 g/mol. The Labute approximate surface area is 128 Å². The second-order valence-corrected chi connectivity index (χ2v) is 5.95. The number of aromatic nitrogens is 1. The SMILES string of the molecule is Cc1ccc(Br)c(C(Cl)c2ccc3[nH]c(=O)oc3c2)c1. The number of alkyl halides is 1. The summed E-state index contributed by atoms with van der Waals surface area (Å²) >= 11 is 10.1. The lowest BCUT2D eigenvalue weighted by molar-refractivity contribution is 0.555. The third kappa shape index (κ3) is 2.41. The predicted molar refractivity (Wildman–Crippen MR) is 83.4 cm³/mol. The molecule has 2 aromatic carbocycles. The van der Waals surface area contributed by atoms with E-state index >= 15 is 0 Å². The van der Waals surface area contributed by atoms with Gasteiger partial charge in [0, 0.05) is 4.47 Å². The molecule has 0 amide bonds. The molecule has 1 heterocycles. The van der Waals surface area contributed by atoms with Crippen LogP contribution in [0.3, 0.4) is 0 Å². The molecular formula is C15H11BrClNO2. The number of benzene rings is 2. The largest absolute Gasteiger partial charge is 0.417 e. The van der Waals surface area contributed by atoms with Gasteiger partial charge in [-0.2, -0.15) is 0 Å². The molecule has 1 aromatic heterocycles. The highest BCUT2D eigenvalue weighted by molar-refractivity contribution is 9.10. The summed E-state index contributed by atoms with van der Waals surface area (Å²) in [6.07, 6.45) is 0. The maximum atomic E-state index is 11.2. The average molecular weight is 353 g/mol. The number of hydrogen-bond donors (Lipinski definition) is 1. The quantitative estimate of drug-likeness (QED) is 0.689. The summed E-state index contributed by atoms with van der Waals surface area (Å²) in [5.41, 5.74) is 4.20. The van der Waals surface area contributed by atoms with Crippen molar-refractivity contribution in [3.05, 3.63) is 68.1 Å². The first-order valence-electron chi connectivity index (χ1n) is 6.07. The Morgan fingerprint density at radius 3 is 2.85 bits per heavy atom. The number of aryl methyl sites for hydroxylation is 1. The Bertz CT molecular complexity index is 837. The van der Waals surface area contributed by atoms with Crippen LogP contribution in [0.15, 0.2) is 50.1 Å². The fraction of sp³-hybridized carbons (Fsp3) is 0.133. The standard InChI is InChI=1S/C15H11BrClNO2/c1-8-2-4-11(16)10(6-8)14(17)9-3-5-12-13(7-9)20-15(19)18-12/h2-7,14H,1H3,(H,18,19). The van der Waals surface area contributed by atoms with Gasteiger partial charge in [-0.1, -0.05) is 39.7 Å². The van der Waals surface area contributed by atoms with Crippen molar-refractivity contribution in [2.45, 2.75) is 12.3 Å². The number of aromatic amines is 1. The molecule has 5 heteroatoms. The number of H-pyrrole nitrogens is 1. The van der Waals surface area contributed by atoms with Crippen molar-refractivity contribution in [3.63, 3.8) is 0 Å². The van der Waals surface area contributed by atoms with Crippen LogP contribution in [0, 0.1) is 6.92 Å². The first-order valence-corrected chi connectivity index (χ1v) is 7.30. The zero-order valence-electron chi connectivity index (χ0n) is 10.6. The van der Waals surface area contributed by atoms with Gasteiger partial charge in [-0.15, -0.1) is 11.6 Å². The van der Waals surface area contributed by atoms with Gasteiger partial charge in [0.1, 0.15) is 0 Å². The Morgan fingerprint density at radius 1 is 1.25 bits per heavy atom. The molecule has 3 aromatic rings. The minimum atomic E-state index is -0.458. The second kappa shape index (κ2) is 5.11. The number of rotatable bonds is 2. The minimum Gasteiger partial charge on any atom is -0.408 e. The van der Waals surface area contributed by atoms with Crippen molar-refractivity contribution in [1.82, 2.24) is 4.98 Å². The summed E-state index contributed by atoms with van der Waals surface area (Å²) in [5.74, 6) is -0.458. The van der Waals surface area contributed by atoms with Crippen LogP contribution in [0.4, 0.5) is 0 Å². The summed E-state index contributed by atoms with van der Waals surface area (Å²) in [6, 6.07) is 11.5. The Morgan fingerprint density at radius 2 is 2.05 bits per heavy atom. The molecule has 0 fully saturated rings. The lowest BCUT2D eigenvalue weighted by Gasteiger charge is -2.13. The summed E-state index contributed by atoms with van der Waals surface area (Å²) in [7, 11) is 0. The number of oxazole rings is 1. The van der Waals surface area contributed by atoms with E-state index in [1.807, 2.05) is 31.2 Å². The summed E-state index contributed by atoms with van der Waals surface area (Å²) in [6.45, 7) is 2.02. The lowest BCUT2D eigenvalue weighted by atomic mass is 10.0. The van der Waals surface area contributed by atoms with Crippen molar-refractivity contribution in [2.75, 3.05) is 0 Å². The summed E-state index contributed by atoms with van der Waals surface area (Å²) < 4.78 is 6.02. The fourth-order valence-electron chi connectivity index (χ4n) is 2.16. The van der Waals surface area contributed by atoms with Crippen molar-refractivity contribution in [2.24, 2.45) is 0 Å². The monoisotopic (exact) mass is 351 g/mol. The molecule has 20 heavy (non-hydrogen) atoms. The van der Waals surface area contributed by atoms with E-state index in [0.29, 0.717) is 11.1 Å². The van der Waals surface area contributed by atoms with Gasteiger partial charge in [0.15, 0.2) is 5.58 Å². The first kappa shape index (κ1) is 13.5. The second-order valence-electron chi connectivity index (χ2n) is 4.66. The van der Waals surface area contributed by atoms with E-state index in [1.165, 1.54) is 0 Å². The molecule has 0 aliphatic heterocycles. The van der Waals surface area contributed by atoms with Gasteiger partial charge in [-0.05, 0) is 36.2 Å². The van der Waals surface area contributed by atoms with Gasteiger partial charge in [0.05, 0.1) is 10.9 Å². The van der Waals surface area contributed by atoms with Crippen LogP contribution in [0.2, 0.25) is 0 Å². The van der Waals surface area contributed by atoms with E-state index in [2.05, 4.69) is 20.9 Å². The van der Waals surface area contributed by atoms with Gasteiger partial charge in [0.2, 0.25) is 0 Å². The molecule has 0 saturated heterocycles. The Hall–Kier alpha value is -1.52. The molecule has 3 nitrogen and oxygen atoms in total. The van der Waals surface area contributed by atoms with E-state index in [0.717, 1.165) is 21.2 Å². The zero-order valence-corrected chi connectivity index (χ0v) is 13.0. The van der Waals surface area contributed by atoms with Gasteiger partial charge in [0.25, 0.3) is 0 Å². The van der Waals surface area contributed by atoms with Crippen LogP contribution >= 0.6 is 27.5 Å². The smallest absolute Gasteiger partial charge is 0.408 e. The molecule has 0 bridgehead atoms. The highest BCUT2D eigenvalue weighted by Gasteiger charge is 2.15.